The molecule has 0 unspecified atom stereocenters. The maximum absolute atomic E-state index is 5.78. The van der Waals surface area contributed by atoms with E-state index in [1.165, 1.54) is 12.6 Å². The van der Waals surface area contributed by atoms with Crippen LogP contribution in [0.25, 0.3) is 0 Å². The molecule has 2 rings (SSSR count). The standard InChI is InChI=1S/C9H5Cl2NO2/c10-6-1-7(11)3-8(2-6)14-9-4-12-5-13-9/h1-5H. The van der Waals surface area contributed by atoms with Crippen molar-refractivity contribution in [2.45, 2.75) is 0 Å². The van der Waals surface area contributed by atoms with E-state index in [-0.39, 0.29) is 0 Å². The second-order valence-corrected chi connectivity index (χ2v) is 3.40. The van der Waals surface area contributed by atoms with Gasteiger partial charge in [0.15, 0.2) is 6.39 Å². The average molecular weight is 230 g/mol. The summed E-state index contributed by atoms with van der Waals surface area (Å²) >= 11 is 11.6. The first-order chi connectivity index (χ1) is 6.74. The van der Waals surface area contributed by atoms with E-state index in [9.17, 15) is 0 Å². The molecule has 14 heavy (non-hydrogen) atoms. The van der Waals surface area contributed by atoms with Crippen molar-refractivity contribution in [3.63, 3.8) is 0 Å². The lowest BCUT2D eigenvalue weighted by Gasteiger charge is -2.02. The van der Waals surface area contributed by atoms with Crippen LogP contribution in [-0.4, -0.2) is 4.98 Å². The Labute approximate surface area is 90.2 Å². The first kappa shape index (κ1) is 9.37. The Morgan fingerprint density at radius 3 is 2.43 bits per heavy atom. The SMILES string of the molecule is Clc1cc(Cl)cc(Oc2cnco2)c1. The molecule has 5 heteroatoms. The maximum atomic E-state index is 5.78. The van der Waals surface area contributed by atoms with Gasteiger partial charge in [-0.1, -0.05) is 23.2 Å². The van der Waals surface area contributed by atoms with Gasteiger partial charge in [-0.2, -0.15) is 0 Å². The molecule has 0 bridgehead atoms. The van der Waals surface area contributed by atoms with Crippen molar-refractivity contribution in [2.75, 3.05) is 0 Å². The lowest BCUT2D eigenvalue weighted by Crippen LogP contribution is -1.81. The number of rotatable bonds is 2. The van der Waals surface area contributed by atoms with Crippen LogP contribution in [0.15, 0.2) is 35.2 Å². The van der Waals surface area contributed by atoms with Crippen molar-refractivity contribution < 1.29 is 9.15 Å². The van der Waals surface area contributed by atoms with Gasteiger partial charge in [-0.25, -0.2) is 4.98 Å². The molecule has 0 fully saturated rings. The fourth-order valence-electron chi connectivity index (χ4n) is 0.958. The van der Waals surface area contributed by atoms with Gasteiger partial charge in [0.05, 0.1) is 0 Å². The molecule has 0 aliphatic rings. The highest BCUT2D eigenvalue weighted by atomic mass is 35.5. The van der Waals surface area contributed by atoms with Crippen LogP contribution < -0.4 is 4.74 Å². The summed E-state index contributed by atoms with van der Waals surface area (Å²) < 4.78 is 10.2. The second-order valence-electron chi connectivity index (χ2n) is 2.53. The van der Waals surface area contributed by atoms with Gasteiger partial charge >= 0.3 is 5.95 Å². The van der Waals surface area contributed by atoms with E-state index in [2.05, 4.69) is 4.98 Å². The molecule has 0 aliphatic heterocycles. The monoisotopic (exact) mass is 229 g/mol. The van der Waals surface area contributed by atoms with Gasteiger partial charge in [0.1, 0.15) is 11.9 Å². The molecule has 1 heterocycles. The highest BCUT2D eigenvalue weighted by Crippen LogP contribution is 2.27. The number of oxazole rings is 1. The average Bonchev–Trinajstić information content (AvgIpc) is 2.54. The van der Waals surface area contributed by atoms with Crippen molar-refractivity contribution in [3.05, 3.63) is 40.8 Å². The van der Waals surface area contributed by atoms with E-state index in [1.54, 1.807) is 18.2 Å². The third kappa shape index (κ3) is 2.19. The Morgan fingerprint density at radius 2 is 1.86 bits per heavy atom. The summed E-state index contributed by atoms with van der Waals surface area (Å²) in [6.45, 7) is 0. The van der Waals surface area contributed by atoms with E-state index in [4.69, 9.17) is 32.4 Å². The molecule has 0 amide bonds. The second kappa shape index (κ2) is 3.90. The quantitative estimate of drug-likeness (QED) is 0.787. The van der Waals surface area contributed by atoms with Crippen molar-refractivity contribution in [3.8, 4) is 11.7 Å². The molecule has 1 aromatic heterocycles. The van der Waals surface area contributed by atoms with E-state index < -0.39 is 0 Å². The Morgan fingerprint density at radius 1 is 1.14 bits per heavy atom. The fraction of sp³-hybridized carbons (Fsp3) is 0. The largest absolute Gasteiger partial charge is 0.425 e. The Balaban J connectivity index is 2.25. The zero-order chi connectivity index (χ0) is 9.97. The molecule has 0 N–H and O–H groups in total. The van der Waals surface area contributed by atoms with Crippen LogP contribution in [0.2, 0.25) is 10.0 Å². The number of hydrogen-bond acceptors (Lipinski definition) is 3. The van der Waals surface area contributed by atoms with Crippen molar-refractivity contribution >= 4 is 23.2 Å². The van der Waals surface area contributed by atoms with Crippen LogP contribution in [0.4, 0.5) is 0 Å². The fourth-order valence-corrected chi connectivity index (χ4v) is 1.46. The molecule has 0 radical (unpaired) electrons. The van der Waals surface area contributed by atoms with Crippen LogP contribution >= 0.6 is 23.2 Å². The number of ether oxygens (including phenoxy) is 1. The lowest BCUT2D eigenvalue weighted by atomic mass is 10.3. The summed E-state index contributed by atoms with van der Waals surface area (Å²) in [5.41, 5.74) is 0. The van der Waals surface area contributed by atoms with Gasteiger partial charge in [0.2, 0.25) is 0 Å². The van der Waals surface area contributed by atoms with Gasteiger partial charge in [0, 0.05) is 10.0 Å². The van der Waals surface area contributed by atoms with E-state index in [0.717, 1.165) is 0 Å². The zero-order valence-corrected chi connectivity index (χ0v) is 8.42. The number of aromatic nitrogens is 1. The summed E-state index contributed by atoms with van der Waals surface area (Å²) in [5.74, 6) is 0.808. The van der Waals surface area contributed by atoms with Gasteiger partial charge in [0.25, 0.3) is 0 Å². The van der Waals surface area contributed by atoms with Crippen molar-refractivity contribution in [2.24, 2.45) is 0 Å². The highest BCUT2D eigenvalue weighted by Gasteiger charge is 2.02. The van der Waals surface area contributed by atoms with Crippen LogP contribution in [-0.2, 0) is 0 Å². The van der Waals surface area contributed by atoms with Crippen molar-refractivity contribution in [1.29, 1.82) is 0 Å². The molecule has 0 atom stereocenters. The first-order valence-corrected chi connectivity index (χ1v) is 4.52. The minimum absolute atomic E-state index is 0.295. The molecule has 0 saturated carbocycles. The molecule has 0 spiro atoms. The van der Waals surface area contributed by atoms with Gasteiger partial charge in [-0.3, -0.25) is 0 Å². The molecule has 0 aliphatic carbocycles. The predicted octanol–water partition coefficient (Wildman–Crippen LogP) is 3.77. The molecule has 3 nitrogen and oxygen atoms in total. The number of halogens is 2. The molecule has 0 saturated heterocycles. The minimum atomic E-state index is 0.295. The molecule has 2 aromatic rings. The lowest BCUT2D eigenvalue weighted by molar-refractivity contribution is 0.346. The third-order valence-corrected chi connectivity index (χ3v) is 1.90. The van der Waals surface area contributed by atoms with E-state index in [0.29, 0.717) is 21.7 Å². The van der Waals surface area contributed by atoms with E-state index in [1.807, 2.05) is 0 Å². The summed E-state index contributed by atoms with van der Waals surface area (Å²) in [5, 5.41) is 1.01. The van der Waals surface area contributed by atoms with Gasteiger partial charge < -0.3 is 9.15 Å². The predicted molar refractivity (Wildman–Crippen MR) is 53.0 cm³/mol. The molecule has 72 valence electrons. The topological polar surface area (TPSA) is 35.3 Å². The van der Waals surface area contributed by atoms with Gasteiger partial charge in [-0.15, -0.1) is 0 Å². The van der Waals surface area contributed by atoms with Gasteiger partial charge in [-0.05, 0) is 18.2 Å². The van der Waals surface area contributed by atoms with Crippen molar-refractivity contribution in [1.82, 2.24) is 4.98 Å². The summed E-state index contributed by atoms with van der Waals surface area (Å²) in [4.78, 5) is 3.71. The van der Waals surface area contributed by atoms with Crippen LogP contribution in [0.3, 0.4) is 0 Å². The smallest absolute Gasteiger partial charge is 0.310 e. The summed E-state index contributed by atoms with van der Waals surface area (Å²) in [7, 11) is 0. The zero-order valence-electron chi connectivity index (χ0n) is 6.91. The Kier molecular flexibility index (Phi) is 2.61. The van der Waals surface area contributed by atoms with Crippen LogP contribution in [0.5, 0.6) is 11.7 Å². The van der Waals surface area contributed by atoms with Crippen LogP contribution in [0.1, 0.15) is 0 Å². The molecular formula is C9H5Cl2NO2. The number of hydrogen-bond donors (Lipinski definition) is 0. The maximum Gasteiger partial charge on any atom is 0.310 e. The normalized spacial score (nSPS) is 10.1. The van der Waals surface area contributed by atoms with Crippen LogP contribution in [0, 0.1) is 0 Å². The number of nitrogens with zero attached hydrogens (tertiary/aromatic N) is 1. The Hall–Kier alpha value is -1.19. The molecular weight excluding hydrogens is 225 g/mol. The molecule has 1 aromatic carbocycles. The summed E-state index contributed by atoms with van der Waals surface area (Å²) in [6, 6.07) is 4.89. The Bertz CT molecular complexity index is 408. The third-order valence-electron chi connectivity index (χ3n) is 1.46. The first-order valence-electron chi connectivity index (χ1n) is 3.76. The minimum Gasteiger partial charge on any atom is -0.425 e. The van der Waals surface area contributed by atoms with E-state index >= 15 is 0 Å². The number of benzene rings is 1. The highest BCUT2D eigenvalue weighted by molar-refractivity contribution is 6.34. The summed E-state index contributed by atoms with van der Waals surface area (Å²) in [6.07, 6.45) is 2.73.